The first-order valence-electron chi connectivity index (χ1n) is 10.1. The second-order valence-electron chi connectivity index (χ2n) is 7.58. The molecule has 28 heavy (non-hydrogen) atoms. The highest BCUT2D eigenvalue weighted by molar-refractivity contribution is 5.80. The fourth-order valence-electron chi connectivity index (χ4n) is 3.60. The van der Waals surface area contributed by atoms with E-state index in [1.165, 1.54) is 0 Å². The number of carbonyl (C=O) groups excluding carboxylic acids is 2. The van der Waals surface area contributed by atoms with Gasteiger partial charge in [-0.3, -0.25) is 9.59 Å². The predicted octanol–water partition coefficient (Wildman–Crippen LogP) is 1.87. The van der Waals surface area contributed by atoms with Crippen LogP contribution in [0.2, 0.25) is 0 Å². The zero-order valence-electron chi connectivity index (χ0n) is 16.4. The minimum absolute atomic E-state index is 0.0366. The zero-order valence-corrected chi connectivity index (χ0v) is 16.4. The molecule has 0 bridgehead atoms. The fourth-order valence-corrected chi connectivity index (χ4v) is 3.60. The van der Waals surface area contributed by atoms with Gasteiger partial charge in [-0.15, -0.1) is 0 Å². The van der Waals surface area contributed by atoms with E-state index in [4.69, 9.17) is 9.47 Å². The molecule has 1 aromatic carbocycles. The van der Waals surface area contributed by atoms with Crippen LogP contribution in [0.15, 0.2) is 24.3 Å². The summed E-state index contributed by atoms with van der Waals surface area (Å²) in [7, 11) is 1.56. The highest BCUT2D eigenvalue weighted by Gasteiger charge is 2.33. The van der Waals surface area contributed by atoms with Crippen molar-refractivity contribution in [2.24, 2.45) is 0 Å². The van der Waals surface area contributed by atoms with Crippen LogP contribution in [-0.2, 0) is 9.59 Å². The summed E-state index contributed by atoms with van der Waals surface area (Å²) in [5.74, 6) is 0.976. The van der Waals surface area contributed by atoms with Crippen LogP contribution >= 0.6 is 0 Å². The van der Waals surface area contributed by atoms with E-state index in [0.29, 0.717) is 18.0 Å². The van der Waals surface area contributed by atoms with Crippen molar-refractivity contribution in [3.05, 3.63) is 24.3 Å². The van der Waals surface area contributed by atoms with Crippen molar-refractivity contribution >= 4 is 11.8 Å². The lowest BCUT2D eigenvalue weighted by Crippen LogP contribution is -2.42. The molecule has 0 aromatic heterocycles. The molecule has 7 heteroatoms. The Morgan fingerprint density at radius 1 is 1.11 bits per heavy atom. The van der Waals surface area contributed by atoms with Gasteiger partial charge in [0.25, 0.3) is 5.91 Å². The fraction of sp³-hybridized carbons (Fsp3) is 0.619. The van der Waals surface area contributed by atoms with Crippen molar-refractivity contribution in [2.75, 3.05) is 20.3 Å². The third kappa shape index (κ3) is 5.86. The number of methoxy groups -OCH3 is 1. The summed E-state index contributed by atoms with van der Waals surface area (Å²) >= 11 is 0. The van der Waals surface area contributed by atoms with Gasteiger partial charge in [0.05, 0.1) is 13.2 Å². The maximum atomic E-state index is 12.6. The number of benzene rings is 1. The van der Waals surface area contributed by atoms with Crippen LogP contribution in [0.5, 0.6) is 11.5 Å². The molecule has 2 amide bonds. The number of rotatable bonds is 9. The Bertz CT molecular complexity index is 669. The Kier molecular flexibility index (Phi) is 7.14. The molecule has 1 aromatic rings. The van der Waals surface area contributed by atoms with E-state index < -0.39 is 0 Å². The normalized spacial score (nSPS) is 21.6. The first kappa shape index (κ1) is 20.5. The number of hydrogen-bond donors (Lipinski definition) is 2. The van der Waals surface area contributed by atoms with Crippen LogP contribution in [0.4, 0.5) is 0 Å². The smallest absolute Gasteiger partial charge is 0.260 e. The number of hydrogen-bond acceptors (Lipinski definition) is 5. The highest BCUT2D eigenvalue weighted by atomic mass is 16.5. The number of amides is 2. The number of ether oxygens (including phenoxy) is 2. The first-order valence-corrected chi connectivity index (χ1v) is 10.1. The van der Waals surface area contributed by atoms with Crippen molar-refractivity contribution < 1.29 is 24.2 Å². The molecule has 3 rings (SSSR count). The van der Waals surface area contributed by atoms with E-state index in [9.17, 15) is 14.7 Å². The summed E-state index contributed by atoms with van der Waals surface area (Å²) in [5, 5.41) is 12.6. The predicted molar refractivity (Wildman–Crippen MR) is 104 cm³/mol. The van der Waals surface area contributed by atoms with Crippen LogP contribution in [-0.4, -0.2) is 60.3 Å². The Balaban J connectivity index is 1.45. The molecule has 0 unspecified atom stereocenters. The van der Waals surface area contributed by atoms with Gasteiger partial charge in [-0.25, -0.2) is 0 Å². The van der Waals surface area contributed by atoms with E-state index in [1.54, 1.807) is 24.1 Å². The molecule has 2 aliphatic rings. The summed E-state index contributed by atoms with van der Waals surface area (Å²) < 4.78 is 10.9. The summed E-state index contributed by atoms with van der Waals surface area (Å²) in [5.41, 5.74) is 0. The number of aliphatic hydroxyl groups is 1. The maximum absolute atomic E-state index is 12.6. The summed E-state index contributed by atoms with van der Waals surface area (Å²) in [6, 6.07) is 7.57. The third-order valence-corrected chi connectivity index (χ3v) is 5.37. The van der Waals surface area contributed by atoms with Gasteiger partial charge in [0, 0.05) is 25.0 Å². The Hall–Kier alpha value is -2.28. The molecule has 0 radical (unpaired) electrons. The lowest BCUT2D eigenvalue weighted by Gasteiger charge is -2.27. The molecule has 0 aliphatic heterocycles. The molecule has 2 saturated carbocycles. The van der Waals surface area contributed by atoms with Crippen molar-refractivity contribution in [2.45, 2.75) is 63.1 Å². The summed E-state index contributed by atoms with van der Waals surface area (Å²) in [6.45, 7) is 0.332. The van der Waals surface area contributed by atoms with Gasteiger partial charge in [-0.1, -0.05) is 12.1 Å². The number of aliphatic hydroxyl groups excluding tert-OH is 1. The molecule has 2 N–H and O–H groups in total. The molecular weight excluding hydrogens is 360 g/mol. The minimum Gasteiger partial charge on any atom is -0.493 e. The molecule has 0 heterocycles. The molecular formula is C21H30N2O5. The zero-order chi connectivity index (χ0) is 19.9. The van der Waals surface area contributed by atoms with E-state index in [2.05, 4.69) is 5.32 Å². The SMILES string of the molecule is COc1ccccc1OCC(=O)N(CCC(=O)NC1CCC(O)CC1)C1CC1. The monoisotopic (exact) mass is 390 g/mol. The van der Waals surface area contributed by atoms with E-state index >= 15 is 0 Å². The van der Waals surface area contributed by atoms with Crippen molar-refractivity contribution in [3.63, 3.8) is 0 Å². The quantitative estimate of drug-likeness (QED) is 0.672. The molecule has 0 atom stereocenters. The van der Waals surface area contributed by atoms with Crippen LogP contribution in [0.25, 0.3) is 0 Å². The Morgan fingerprint density at radius 3 is 2.43 bits per heavy atom. The van der Waals surface area contributed by atoms with Crippen molar-refractivity contribution in [1.29, 1.82) is 0 Å². The van der Waals surface area contributed by atoms with E-state index in [0.717, 1.165) is 38.5 Å². The average molecular weight is 390 g/mol. The summed E-state index contributed by atoms with van der Waals surface area (Å²) in [4.78, 5) is 26.7. The molecule has 0 saturated heterocycles. The minimum atomic E-state index is -0.237. The van der Waals surface area contributed by atoms with E-state index in [1.807, 2.05) is 12.1 Å². The van der Waals surface area contributed by atoms with Crippen LogP contribution in [0, 0.1) is 0 Å². The molecule has 0 spiro atoms. The third-order valence-electron chi connectivity index (χ3n) is 5.37. The van der Waals surface area contributed by atoms with Gasteiger partial charge in [-0.2, -0.15) is 0 Å². The Labute approximate surface area is 166 Å². The summed E-state index contributed by atoms with van der Waals surface area (Å²) in [6.07, 6.45) is 5.09. The van der Waals surface area contributed by atoms with Crippen molar-refractivity contribution in [3.8, 4) is 11.5 Å². The standard InChI is InChI=1S/C21H30N2O5/c1-27-18-4-2-3-5-19(18)28-14-21(26)23(16-8-9-16)13-12-20(25)22-15-6-10-17(24)11-7-15/h2-5,15-17,24H,6-14H2,1H3,(H,22,25). The lowest BCUT2D eigenvalue weighted by atomic mass is 9.93. The van der Waals surface area contributed by atoms with Gasteiger partial charge in [0.15, 0.2) is 18.1 Å². The second-order valence-corrected chi connectivity index (χ2v) is 7.58. The van der Waals surface area contributed by atoms with Crippen molar-refractivity contribution in [1.82, 2.24) is 10.2 Å². The average Bonchev–Trinajstić information content (AvgIpc) is 3.53. The Morgan fingerprint density at radius 2 is 1.79 bits per heavy atom. The van der Waals surface area contributed by atoms with E-state index in [-0.39, 0.29) is 43.0 Å². The largest absolute Gasteiger partial charge is 0.493 e. The maximum Gasteiger partial charge on any atom is 0.260 e. The molecule has 2 aliphatic carbocycles. The van der Waals surface area contributed by atoms with Gasteiger partial charge in [0.1, 0.15) is 0 Å². The first-order chi connectivity index (χ1) is 13.6. The van der Waals surface area contributed by atoms with Crippen LogP contribution in [0.3, 0.4) is 0 Å². The van der Waals surface area contributed by atoms with Gasteiger partial charge < -0.3 is 24.8 Å². The van der Waals surface area contributed by atoms with Crippen LogP contribution in [0.1, 0.15) is 44.9 Å². The van der Waals surface area contributed by atoms with Gasteiger partial charge >= 0.3 is 0 Å². The van der Waals surface area contributed by atoms with Crippen LogP contribution < -0.4 is 14.8 Å². The lowest BCUT2D eigenvalue weighted by molar-refractivity contribution is -0.134. The van der Waals surface area contributed by atoms with Gasteiger partial charge in [-0.05, 0) is 50.7 Å². The number of nitrogens with zero attached hydrogens (tertiary/aromatic N) is 1. The highest BCUT2D eigenvalue weighted by Crippen LogP contribution is 2.29. The number of carbonyl (C=O) groups is 2. The molecule has 7 nitrogen and oxygen atoms in total. The number of para-hydroxylation sites is 2. The molecule has 2 fully saturated rings. The topological polar surface area (TPSA) is 88.1 Å². The number of nitrogens with one attached hydrogen (secondary N) is 1. The van der Waals surface area contributed by atoms with Gasteiger partial charge in [0.2, 0.25) is 5.91 Å². The second kappa shape index (κ2) is 9.78. The molecule has 154 valence electrons.